The Labute approximate surface area is 230 Å². The number of hydrogen-bond donors (Lipinski definition) is 3. The fourth-order valence-corrected chi connectivity index (χ4v) is 4.16. The minimum atomic E-state index is -5.54. The molecular weight excluding hydrogens is 551 g/mol. The fraction of sp³-hybridized carbons (Fsp3) is 0.286. The molecule has 0 saturated heterocycles. The Balaban J connectivity index is 1.80. The summed E-state index contributed by atoms with van der Waals surface area (Å²) < 4.78 is 77.7. The molecule has 0 spiro atoms. The van der Waals surface area contributed by atoms with E-state index in [-0.39, 0.29) is 22.6 Å². The van der Waals surface area contributed by atoms with Crippen LogP contribution in [-0.2, 0) is 11.2 Å². The molecule has 41 heavy (non-hydrogen) atoms. The van der Waals surface area contributed by atoms with Crippen LogP contribution in [0.3, 0.4) is 0 Å². The van der Waals surface area contributed by atoms with Crippen molar-refractivity contribution < 1.29 is 41.7 Å². The van der Waals surface area contributed by atoms with Gasteiger partial charge in [0.15, 0.2) is 5.82 Å². The standard InChI is InChI=1S/C28H25F5N4O4/c1-14-9-16-10-17(11-21(41-4)23(16)37-36-14)25(38)34-13-27(40,28(31,32)33)24-22(30)19(26(2,3)39)12-20(35-24)15-5-7-18(29)8-6-15/h5-12,39-40H,13H2,1-4H3,(H,34,38)/t27-/m1/s1. The predicted octanol–water partition coefficient (Wildman–Crippen LogP) is 4.69. The fourth-order valence-electron chi connectivity index (χ4n) is 4.16. The van der Waals surface area contributed by atoms with Gasteiger partial charge in [-0.2, -0.15) is 18.3 Å². The average Bonchev–Trinajstić information content (AvgIpc) is 2.89. The smallest absolute Gasteiger partial charge is 0.424 e. The zero-order valence-corrected chi connectivity index (χ0v) is 22.3. The van der Waals surface area contributed by atoms with E-state index in [1.54, 1.807) is 13.0 Å². The largest absolute Gasteiger partial charge is 0.494 e. The van der Waals surface area contributed by atoms with Crippen LogP contribution in [0, 0.1) is 18.6 Å². The number of aryl methyl sites for hydroxylation is 1. The number of rotatable bonds is 7. The summed E-state index contributed by atoms with van der Waals surface area (Å²) in [6.45, 7) is 2.39. The van der Waals surface area contributed by atoms with Crippen LogP contribution in [0.15, 0.2) is 48.5 Å². The van der Waals surface area contributed by atoms with E-state index in [1.165, 1.54) is 31.4 Å². The van der Waals surface area contributed by atoms with Crippen molar-refractivity contribution in [2.75, 3.05) is 13.7 Å². The highest BCUT2D eigenvalue weighted by atomic mass is 19.4. The number of carbonyl (C=O) groups is 1. The van der Waals surface area contributed by atoms with E-state index < -0.39 is 52.7 Å². The lowest BCUT2D eigenvalue weighted by Gasteiger charge is -2.32. The number of amides is 1. The predicted molar refractivity (Wildman–Crippen MR) is 138 cm³/mol. The molecule has 1 atom stereocenters. The molecule has 0 unspecified atom stereocenters. The molecule has 0 aliphatic rings. The van der Waals surface area contributed by atoms with Crippen LogP contribution in [-0.4, -0.2) is 51.1 Å². The quantitative estimate of drug-likeness (QED) is 0.273. The molecule has 0 saturated carbocycles. The number of aliphatic hydroxyl groups is 2. The Kier molecular flexibility index (Phi) is 7.71. The molecule has 13 heteroatoms. The van der Waals surface area contributed by atoms with Crippen molar-refractivity contribution in [3.8, 4) is 17.0 Å². The van der Waals surface area contributed by atoms with Crippen LogP contribution in [0.25, 0.3) is 22.2 Å². The third-order valence-electron chi connectivity index (χ3n) is 6.38. The first kappa shape index (κ1) is 29.7. The van der Waals surface area contributed by atoms with Gasteiger partial charge in [0.2, 0.25) is 5.60 Å². The van der Waals surface area contributed by atoms with Crippen molar-refractivity contribution in [2.24, 2.45) is 0 Å². The third-order valence-corrected chi connectivity index (χ3v) is 6.38. The third kappa shape index (κ3) is 5.81. The number of ether oxygens (including phenoxy) is 1. The molecule has 2 aromatic carbocycles. The van der Waals surface area contributed by atoms with Gasteiger partial charge in [0, 0.05) is 22.1 Å². The van der Waals surface area contributed by atoms with Crippen molar-refractivity contribution in [3.05, 3.63) is 82.7 Å². The lowest BCUT2D eigenvalue weighted by Crippen LogP contribution is -2.52. The van der Waals surface area contributed by atoms with Crippen LogP contribution >= 0.6 is 0 Å². The summed E-state index contributed by atoms with van der Waals surface area (Å²) in [5.41, 5.74) is -7.62. The molecule has 0 fully saturated rings. The number of fused-ring (bicyclic) bond motifs is 1. The number of methoxy groups -OCH3 is 1. The summed E-state index contributed by atoms with van der Waals surface area (Å²) in [6, 6.07) is 9.61. The van der Waals surface area contributed by atoms with Gasteiger partial charge in [-0.15, -0.1) is 5.10 Å². The van der Waals surface area contributed by atoms with E-state index in [0.717, 1.165) is 32.0 Å². The van der Waals surface area contributed by atoms with E-state index in [0.29, 0.717) is 16.6 Å². The second kappa shape index (κ2) is 10.6. The number of benzene rings is 2. The summed E-state index contributed by atoms with van der Waals surface area (Å²) in [7, 11) is 1.31. The van der Waals surface area contributed by atoms with E-state index in [9.17, 15) is 32.6 Å². The molecule has 4 rings (SSSR count). The number of nitrogens with zero attached hydrogens (tertiary/aromatic N) is 3. The topological polar surface area (TPSA) is 117 Å². The van der Waals surface area contributed by atoms with Gasteiger partial charge in [-0.1, -0.05) is 0 Å². The molecule has 216 valence electrons. The van der Waals surface area contributed by atoms with Crippen molar-refractivity contribution in [1.82, 2.24) is 20.5 Å². The van der Waals surface area contributed by atoms with Gasteiger partial charge in [-0.05, 0) is 69.3 Å². The maximum absolute atomic E-state index is 15.6. The minimum absolute atomic E-state index is 0.0911. The van der Waals surface area contributed by atoms with E-state index in [4.69, 9.17) is 4.74 Å². The maximum Gasteiger partial charge on any atom is 0.424 e. The number of aromatic nitrogens is 3. The molecule has 1 amide bonds. The Bertz CT molecular complexity index is 1620. The van der Waals surface area contributed by atoms with Crippen LogP contribution < -0.4 is 10.1 Å². The first-order valence-corrected chi connectivity index (χ1v) is 12.1. The summed E-state index contributed by atoms with van der Waals surface area (Å²) >= 11 is 0. The van der Waals surface area contributed by atoms with Crippen molar-refractivity contribution in [2.45, 2.75) is 38.1 Å². The Morgan fingerprint density at radius 1 is 1.00 bits per heavy atom. The van der Waals surface area contributed by atoms with Gasteiger partial charge in [0.05, 0.1) is 30.6 Å². The number of nitrogens with one attached hydrogen (secondary N) is 1. The molecule has 3 N–H and O–H groups in total. The van der Waals surface area contributed by atoms with Crippen LogP contribution in [0.2, 0.25) is 0 Å². The monoisotopic (exact) mass is 576 g/mol. The zero-order valence-electron chi connectivity index (χ0n) is 22.3. The molecule has 2 heterocycles. The number of carbonyl (C=O) groups excluding carboxylic acids is 1. The molecule has 0 aliphatic heterocycles. The van der Waals surface area contributed by atoms with Gasteiger partial charge in [0.1, 0.15) is 22.8 Å². The molecular formula is C28H25F5N4O4. The Hall–Kier alpha value is -4.23. The lowest BCUT2D eigenvalue weighted by atomic mass is 9.89. The SMILES string of the molecule is COc1cc(C(=O)NC[C@@](O)(c2nc(-c3ccc(F)cc3)cc(C(C)(C)O)c2F)C(F)(F)F)cc2cc(C)nnc12. The normalized spacial score (nSPS) is 13.6. The summed E-state index contributed by atoms with van der Waals surface area (Å²) in [5.74, 6) is -3.18. The first-order chi connectivity index (χ1) is 19.0. The number of halogens is 5. The van der Waals surface area contributed by atoms with Gasteiger partial charge in [0.25, 0.3) is 5.91 Å². The lowest BCUT2D eigenvalue weighted by molar-refractivity contribution is -0.266. The number of hydrogen-bond acceptors (Lipinski definition) is 7. The highest BCUT2D eigenvalue weighted by molar-refractivity contribution is 5.99. The van der Waals surface area contributed by atoms with E-state index >= 15 is 4.39 Å². The van der Waals surface area contributed by atoms with Crippen molar-refractivity contribution in [1.29, 1.82) is 0 Å². The minimum Gasteiger partial charge on any atom is -0.494 e. The molecule has 8 nitrogen and oxygen atoms in total. The van der Waals surface area contributed by atoms with Gasteiger partial charge in [-0.3, -0.25) is 4.79 Å². The van der Waals surface area contributed by atoms with Gasteiger partial charge < -0.3 is 20.3 Å². The Morgan fingerprint density at radius 2 is 1.66 bits per heavy atom. The van der Waals surface area contributed by atoms with Gasteiger partial charge >= 0.3 is 6.18 Å². The zero-order chi connectivity index (χ0) is 30.3. The average molecular weight is 577 g/mol. The van der Waals surface area contributed by atoms with Crippen LogP contribution in [0.1, 0.15) is 41.2 Å². The van der Waals surface area contributed by atoms with Crippen molar-refractivity contribution in [3.63, 3.8) is 0 Å². The van der Waals surface area contributed by atoms with Crippen LogP contribution in [0.4, 0.5) is 22.0 Å². The summed E-state index contributed by atoms with van der Waals surface area (Å²) in [5, 5.41) is 31.8. The van der Waals surface area contributed by atoms with E-state index in [1.807, 2.05) is 5.32 Å². The molecule has 0 radical (unpaired) electrons. The highest BCUT2D eigenvalue weighted by Crippen LogP contribution is 2.42. The highest BCUT2D eigenvalue weighted by Gasteiger charge is 2.58. The Morgan fingerprint density at radius 3 is 2.24 bits per heavy atom. The molecule has 0 bridgehead atoms. The maximum atomic E-state index is 15.6. The number of alkyl halides is 3. The molecule has 4 aromatic rings. The molecule has 2 aromatic heterocycles. The summed E-state index contributed by atoms with van der Waals surface area (Å²) in [6.07, 6.45) is -5.54. The number of pyridine rings is 1. The second-order valence-corrected chi connectivity index (χ2v) is 9.93. The summed E-state index contributed by atoms with van der Waals surface area (Å²) in [4.78, 5) is 16.8. The first-order valence-electron chi connectivity index (χ1n) is 12.1. The van der Waals surface area contributed by atoms with Crippen LogP contribution in [0.5, 0.6) is 5.75 Å². The van der Waals surface area contributed by atoms with E-state index in [2.05, 4.69) is 15.2 Å². The van der Waals surface area contributed by atoms with Gasteiger partial charge in [-0.25, -0.2) is 13.8 Å². The molecule has 0 aliphatic carbocycles. The van der Waals surface area contributed by atoms with Crippen molar-refractivity contribution >= 4 is 16.8 Å². The second-order valence-electron chi connectivity index (χ2n) is 9.93.